The lowest BCUT2D eigenvalue weighted by Gasteiger charge is -2.48. The van der Waals surface area contributed by atoms with Gasteiger partial charge in [0.25, 0.3) is 0 Å². The molecule has 11 heavy (non-hydrogen) atoms. The van der Waals surface area contributed by atoms with Crippen molar-refractivity contribution in [2.75, 3.05) is 0 Å². The summed E-state index contributed by atoms with van der Waals surface area (Å²) in [6.07, 6.45) is 12.0. The third-order valence-electron chi connectivity index (χ3n) is 4.22. The van der Waals surface area contributed by atoms with Crippen LogP contribution in [0.1, 0.15) is 38.5 Å². The molecule has 0 N–H and O–H groups in total. The van der Waals surface area contributed by atoms with E-state index in [1.54, 1.807) is 32.1 Å². The molecule has 61 valence electrons. The van der Waals surface area contributed by atoms with Crippen molar-refractivity contribution in [1.29, 1.82) is 0 Å². The van der Waals surface area contributed by atoms with Crippen LogP contribution >= 0.6 is 0 Å². The van der Waals surface area contributed by atoms with Gasteiger partial charge in [-0.2, -0.15) is 0 Å². The summed E-state index contributed by atoms with van der Waals surface area (Å²) in [5.74, 6) is 4.34. The van der Waals surface area contributed by atoms with Crippen LogP contribution in [0.15, 0.2) is 0 Å². The van der Waals surface area contributed by atoms with Gasteiger partial charge in [-0.25, -0.2) is 0 Å². The maximum Gasteiger partial charge on any atom is -0.0321 e. The van der Waals surface area contributed by atoms with Crippen molar-refractivity contribution in [2.24, 2.45) is 23.7 Å². The molecule has 0 amide bonds. The summed E-state index contributed by atoms with van der Waals surface area (Å²) in [6, 6.07) is 0. The molecule has 0 aromatic heterocycles. The van der Waals surface area contributed by atoms with Crippen molar-refractivity contribution in [3.63, 3.8) is 0 Å². The molecule has 3 fully saturated rings. The van der Waals surface area contributed by atoms with E-state index in [2.05, 4.69) is 6.42 Å². The second kappa shape index (κ2) is 2.24. The maximum atomic E-state index is 2.70. The third kappa shape index (κ3) is 0.947. The van der Waals surface area contributed by atoms with Crippen LogP contribution < -0.4 is 0 Å². The zero-order valence-electron chi connectivity index (χ0n) is 7.13. The molecule has 3 aliphatic rings. The normalized spacial score (nSPS) is 54.5. The van der Waals surface area contributed by atoms with Crippen LogP contribution in [0.4, 0.5) is 0 Å². The standard InChI is InChI=1S/C11H17/c1-3-10-4-2-9-5-8(1)6-11(10)7-9/h6,8-11H,1-5,7H2. The molecule has 3 rings (SSSR count). The van der Waals surface area contributed by atoms with Crippen LogP contribution in [0.25, 0.3) is 0 Å². The van der Waals surface area contributed by atoms with Gasteiger partial charge in [-0.3, -0.25) is 0 Å². The van der Waals surface area contributed by atoms with Crippen LogP contribution in [0.3, 0.4) is 0 Å². The highest BCUT2D eigenvalue weighted by molar-refractivity contribution is 5.01. The summed E-state index contributed by atoms with van der Waals surface area (Å²) >= 11 is 0. The van der Waals surface area contributed by atoms with Crippen molar-refractivity contribution in [3.05, 3.63) is 6.42 Å². The lowest BCUT2D eigenvalue weighted by atomic mass is 9.58. The number of rotatable bonds is 0. The molecule has 0 aromatic rings. The summed E-state index contributed by atoms with van der Waals surface area (Å²) in [6.45, 7) is 0. The monoisotopic (exact) mass is 149 g/mol. The van der Waals surface area contributed by atoms with Crippen LogP contribution in [-0.2, 0) is 0 Å². The van der Waals surface area contributed by atoms with Gasteiger partial charge in [0, 0.05) is 0 Å². The Morgan fingerprint density at radius 3 is 2.82 bits per heavy atom. The fraction of sp³-hybridized carbons (Fsp3) is 0.909. The number of fused-ring (bicyclic) bond motifs is 2. The van der Waals surface area contributed by atoms with E-state index in [9.17, 15) is 0 Å². The van der Waals surface area contributed by atoms with Crippen molar-refractivity contribution in [3.8, 4) is 0 Å². The van der Waals surface area contributed by atoms with Crippen LogP contribution in [0, 0.1) is 30.1 Å². The fourth-order valence-corrected chi connectivity index (χ4v) is 3.67. The van der Waals surface area contributed by atoms with Crippen LogP contribution in [0.5, 0.6) is 0 Å². The molecule has 4 atom stereocenters. The van der Waals surface area contributed by atoms with Gasteiger partial charge in [-0.1, -0.05) is 6.42 Å². The Bertz CT molecular complexity index is 141. The van der Waals surface area contributed by atoms with Gasteiger partial charge < -0.3 is 0 Å². The quantitative estimate of drug-likeness (QED) is 0.496. The minimum Gasteiger partial charge on any atom is -0.0502 e. The molecule has 0 spiro atoms. The Balaban J connectivity index is 1.87. The lowest BCUT2D eigenvalue weighted by molar-refractivity contribution is 0.0809. The Morgan fingerprint density at radius 2 is 1.82 bits per heavy atom. The van der Waals surface area contributed by atoms with E-state index < -0.39 is 0 Å². The van der Waals surface area contributed by atoms with E-state index >= 15 is 0 Å². The Morgan fingerprint density at radius 1 is 0.909 bits per heavy atom. The average molecular weight is 149 g/mol. The van der Waals surface area contributed by atoms with E-state index in [1.807, 2.05) is 0 Å². The van der Waals surface area contributed by atoms with Gasteiger partial charge in [0.05, 0.1) is 0 Å². The van der Waals surface area contributed by atoms with Gasteiger partial charge in [0.2, 0.25) is 0 Å². The Labute approximate surface area is 69.4 Å². The maximum absolute atomic E-state index is 2.70. The second-order valence-corrected chi connectivity index (χ2v) is 4.87. The largest absolute Gasteiger partial charge is 0.0502 e. The fourth-order valence-electron chi connectivity index (χ4n) is 3.67. The average Bonchev–Trinajstić information content (AvgIpc) is 2.01. The second-order valence-electron chi connectivity index (χ2n) is 4.87. The van der Waals surface area contributed by atoms with Crippen molar-refractivity contribution >= 4 is 0 Å². The SMILES string of the molecule is [CH]1C2CCC3CCC(C2)CC13. The minimum atomic E-state index is 1.04. The summed E-state index contributed by atoms with van der Waals surface area (Å²) in [7, 11) is 0. The summed E-state index contributed by atoms with van der Waals surface area (Å²) in [5, 5.41) is 0. The molecule has 1 radical (unpaired) electrons. The predicted molar refractivity (Wildman–Crippen MR) is 46.0 cm³/mol. The molecular weight excluding hydrogens is 132 g/mol. The zero-order chi connectivity index (χ0) is 7.26. The summed E-state index contributed by atoms with van der Waals surface area (Å²) in [5.41, 5.74) is 0. The topological polar surface area (TPSA) is 0 Å². The highest BCUT2D eigenvalue weighted by Gasteiger charge is 2.40. The van der Waals surface area contributed by atoms with Crippen molar-refractivity contribution in [2.45, 2.75) is 38.5 Å². The van der Waals surface area contributed by atoms with Crippen LogP contribution in [0.2, 0.25) is 0 Å². The molecule has 3 bridgehead atoms. The highest BCUT2D eigenvalue weighted by Crippen LogP contribution is 2.51. The third-order valence-corrected chi connectivity index (χ3v) is 4.22. The molecular formula is C11H17. The number of hydrogen-bond acceptors (Lipinski definition) is 0. The Kier molecular flexibility index (Phi) is 1.33. The number of hydrogen-bond donors (Lipinski definition) is 0. The predicted octanol–water partition coefficient (Wildman–Crippen LogP) is 3.04. The molecule has 3 saturated carbocycles. The first-order valence-corrected chi connectivity index (χ1v) is 5.27. The van der Waals surface area contributed by atoms with Gasteiger partial charge in [-0.05, 0) is 62.2 Å². The van der Waals surface area contributed by atoms with Gasteiger partial charge in [0.15, 0.2) is 0 Å². The van der Waals surface area contributed by atoms with Crippen molar-refractivity contribution < 1.29 is 0 Å². The molecule has 0 nitrogen and oxygen atoms in total. The minimum absolute atomic E-state index is 1.04. The summed E-state index contributed by atoms with van der Waals surface area (Å²) < 4.78 is 0. The van der Waals surface area contributed by atoms with E-state index in [-0.39, 0.29) is 0 Å². The molecule has 0 saturated heterocycles. The molecule has 0 aliphatic heterocycles. The van der Waals surface area contributed by atoms with Crippen molar-refractivity contribution in [1.82, 2.24) is 0 Å². The van der Waals surface area contributed by atoms with Gasteiger partial charge >= 0.3 is 0 Å². The first kappa shape index (κ1) is 6.51. The smallest absolute Gasteiger partial charge is 0.0321 e. The zero-order valence-corrected chi connectivity index (χ0v) is 7.13. The molecule has 0 heterocycles. The van der Waals surface area contributed by atoms with E-state index in [4.69, 9.17) is 0 Å². The van der Waals surface area contributed by atoms with E-state index in [1.165, 1.54) is 6.42 Å². The van der Waals surface area contributed by atoms with Gasteiger partial charge in [0.1, 0.15) is 0 Å². The lowest BCUT2D eigenvalue weighted by Crippen LogP contribution is -2.37. The van der Waals surface area contributed by atoms with E-state index in [0.29, 0.717) is 0 Å². The highest BCUT2D eigenvalue weighted by atomic mass is 14.5. The molecule has 0 heteroatoms. The first-order valence-electron chi connectivity index (χ1n) is 5.27. The van der Waals surface area contributed by atoms with E-state index in [0.717, 1.165) is 23.7 Å². The van der Waals surface area contributed by atoms with Crippen LogP contribution in [-0.4, -0.2) is 0 Å². The first-order chi connectivity index (χ1) is 5.42. The summed E-state index contributed by atoms with van der Waals surface area (Å²) in [4.78, 5) is 0. The molecule has 3 aliphatic carbocycles. The molecule has 4 unspecified atom stereocenters. The molecule has 0 aromatic carbocycles. The van der Waals surface area contributed by atoms with Gasteiger partial charge in [-0.15, -0.1) is 0 Å². The Hall–Kier alpha value is 0.